The number of nitrogens with one attached hydrogen (secondary N) is 1. The van der Waals surface area contributed by atoms with Gasteiger partial charge in [-0.15, -0.1) is 0 Å². The number of amides is 1. The summed E-state index contributed by atoms with van der Waals surface area (Å²) in [6.45, 7) is 9.99. The number of rotatable bonds is 4. The van der Waals surface area contributed by atoms with Gasteiger partial charge in [0.1, 0.15) is 10.7 Å². The van der Waals surface area contributed by atoms with Gasteiger partial charge in [0.15, 0.2) is 0 Å². The van der Waals surface area contributed by atoms with Crippen molar-refractivity contribution in [2.75, 3.05) is 7.05 Å². The van der Waals surface area contributed by atoms with Crippen LogP contribution in [-0.4, -0.2) is 23.5 Å². The van der Waals surface area contributed by atoms with Gasteiger partial charge >= 0.3 is 0 Å². The van der Waals surface area contributed by atoms with Crippen LogP contribution in [0.25, 0.3) is 0 Å². The molecule has 0 aromatic rings. The standard InChI is InChI=1S/C18H29N3OS/c1-17(2,3)14(19)12-15(20-6)21-16(22)18(4,5)23-13-10-8-7-9-11-13/h7-8,10,12H,9,11,19H2,1-6H3,(H,20,21,22)/p+1. The third-order valence-electron chi connectivity index (χ3n) is 3.61. The Morgan fingerprint density at radius 1 is 1.35 bits per heavy atom. The summed E-state index contributed by atoms with van der Waals surface area (Å²) < 4.78 is -0.517. The van der Waals surface area contributed by atoms with Crippen LogP contribution in [0.15, 0.2) is 39.9 Å². The number of allylic oxidation sites excluding steroid dienone is 5. The van der Waals surface area contributed by atoms with Gasteiger partial charge in [-0.2, -0.15) is 0 Å². The first-order chi connectivity index (χ1) is 10.6. The summed E-state index contributed by atoms with van der Waals surface area (Å²) in [5, 5.41) is 2.90. The highest BCUT2D eigenvalue weighted by atomic mass is 32.2. The Labute approximate surface area is 144 Å². The zero-order chi connectivity index (χ0) is 17.7. The van der Waals surface area contributed by atoms with E-state index in [1.807, 2.05) is 34.6 Å². The Hall–Kier alpha value is -1.49. The van der Waals surface area contributed by atoms with Gasteiger partial charge in [-0.3, -0.25) is 9.79 Å². The maximum atomic E-state index is 12.6. The van der Waals surface area contributed by atoms with Gasteiger partial charge in [0.05, 0.1) is 0 Å². The van der Waals surface area contributed by atoms with Crippen LogP contribution in [0.2, 0.25) is 0 Å². The molecule has 1 aliphatic carbocycles. The van der Waals surface area contributed by atoms with Crippen molar-refractivity contribution >= 4 is 23.5 Å². The van der Waals surface area contributed by atoms with Crippen LogP contribution in [0.4, 0.5) is 0 Å². The number of nitrogens with zero attached hydrogens (tertiary/aromatic N) is 1. The zero-order valence-corrected chi connectivity index (χ0v) is 16.0. The van der Waals surface area contributed by atoms with Crippen LogP contribution in [0.5, 0.6) is 0 Å². The first-order valence-corrected chi connectivity index (χ1v) is 8.80. The van der Waals surface area contributed by atoms with Crippen LogP contribution >= 0.6 is 0 Å². The van der Waals surface area contributed by atoms with Crippen LogP contribution in [-0.2, 0) is 16.6 Å². The molecule has 5 heteroatoms. The van der Waals surface area contributed by atoms with Crippen LogP contribution in [0.1, 0.15) is 47.5 Å². The summed E-state index contributed by atoms with van der Waals surface area (Å²) >= 11 is 1.03. The molecule has 1 aliphatic rings. The number of carbonyl (C=O) groups excluding carboxylic acids is 1. The second-order valence-electron chi connectivity index (χ2n) is 7.21. The van der Waals surface area contributed by atoms with Crippen molar-refractivity contribution in [1.82, 2.24) is 5.32 Å². The summed E-state index contributed by atoms with van der Waals surface area (Å²) in [6.07, 6.45) is 10.1. The zero-order valence-electron chi connectivity index (χ0n) is 15.1. The number of aliphatic imine (C=N–C) groups is 1. The molecule has 23 heavy (non-hydrogen) atoms. The molecule has 1 amide bonds. The third kappa shape index (κ3) is 6.26. The highest BCUT2D eigenvalue weighted by Gasteiger charge is 2.38. The van der Waals surface area contributed by atoms with Crippen molar-refractivity contribution < 1.29 is 4.79 Å². The van der Waals surface area contributed by atoms with Gasteiger partial charge in [0.25, 0.3) is 5.91 Å². The van der Waals surface area contributed by atoms with Crippen LogP contribution < -0.4 is 11.1 Å². The van der Waals surface area contributed by atoms with Gasteiger partial charge in [-0.25, -0.2) is 0 Å². The molecule has 0 bridgehead atoms. The average molecular weight is 337 g/mol. The smallest absolute Gasteiger partial charge is 0.281 e. The number of carbonyl (C=O) groups is 1. The van der Waals surface area contributed by atoms with E-state index in [0.29, 0.717) is 11.5 Å². The molecule has 0 saturated carbocycles. The summed E-state index contributed by atoms with van der Waals surface area (Å²) in [7, 11) is 1.65. The first kappa shape index (κ1) is 19.6. The van der Waals surface area contributed by atoms with Gasteiger partial charge < -0.3 is 11.1 Å². The normalized spacial score (nSPS) is 17.0. The quantitative estimate of drug-likeness (QED) is 0.359. The lowest BCUT2D eigenvalue weighted by Gasteiger charge is -2.21. The molecular weight excluding hydrogens is 306 g/mol. The molecule has 0 aromatic carbocycles. The summed E-state index contributed by atoms with van der Waals surface area (Å²) in [4.78, 5) is 18.1. The molecule has 0 heterocycles. The number of amidine groups is 1. The van der Waals surface area contributed by atoms with Gasteiger partial charge in [-0.05, 0) is 32.4 Å². The summed E-state index contributed by atoms with van der Waals surface area (Å²) in [5.74, 6) is 0.455. The summed E-state index contributed by atoms with van der Waals surface area (Å²) in [6, 6.07) is 0. The molecule has 1 rings (SSSR count). The van der Waals surface area contributed by atoms with E-state index in [1.54, 1.807) is 13.1 Å². The molecule has 0 spiro atoms. The van der Waals surface area contributed by atoms with Crippen LogP contribution in [0.3, 0.4) is 0 Å². The fourth-order valence-electron chi connectivity index (χ4n) is 1.88. The Balaban J connectivity index is 2.79. The highest BCUT2D eigenvalue weighted by molar-refractivity contribution is 7.84. The van der Waals surface area contributed by atoms with E-state index in [1.165, 1.54) is 4.91 Å². The minimum Gasteiger partial charge on any atom is -0.401 e. The SMILES string of the molecule is CN=C(C=C(N)C(C)(C)C)NC(=O)C(C)(C)[SH+]C1=CC=CCC1. The van der Waals surface area contributed by atoms with Crippen molar-refractivity contribution in [3.8, 4) is 0 Å². The topological polar surface area (TPSA) is 67.5 Å². The van der Waals surface area contributed by atoms with Crippen molar-refractivity contribution in [2.45, 2.75) is 52.2 Å². The average Bonchev–Trinajstić information content (AvgIpc) is 2.45. The molecule has 128 valence electrons. The van der Waals surface area contributed by atoms with E-state index in [-0.39, 0.29) is 11.3 Å². The Morgan fingerprint density at radius 2 is 2.00 bits per heavy atom. The molecular formula is C18H30N3OS+. The first-order valence-electron chi connectivity index (χ1n) is 7.91. The highest BCUT2D eigenvalue weighted by Crippen LogP contribution is 2.23. The van der Waals surface area contributed by atoms with Gasteiger partial charge in [0.2, 0.25) is 4.75 Å². The monoisotopic (exact) mass is 336 g/mol. The van der Waals surface area contributed by atoms with Crippen molar-refractivity contribution in [3.63, 3.8) is 0 Å². The molecule has 0 aliphatic heterocycles. The molecule has 0 radical (unpaired) electrons. The fourth-order valence-corrected chi connectivity index (χ4v) is 3.16. The Morgan fingerprint density at radius 3 is 2.48 bits per heavy atom. The predicted octanol–water partition coefficient (Wildman–Crippen LogP) is 2.85. The molecule has 0 unspecified atom stereocenters. The number of hydrogen-bond acceptors (Lipinski definition) is 3. The maximum absolute atomic E-state index is 12.6. The van der Waals surface area contributed by atoms with E-state index in [9.17, 15) is 4.79 Å². The number of thiol groups is 1. The second kappa shape index (κ2) is 7.86. The Bertz CT molecular complexity index is 563. The lowest BCUT2D eigenvalue weighted by atomic mass is 9.92. The third-order valence-corrected chi connectivity index (χ3v) is 5.03. The fraction of sp³-hybridized carbons (Fsp3) is 0.556. The minimum atomic E-state index is -0.517. The van der Waals surface area contributed by atoms with Crippen molar-refractivity contribution in [3.05, 3.63) is 34.9 Å². The molecule has 0 saturated heterocycles. The molecule has 3 N–H and O–H groups in total. The minimum absolute atomic E-state index is 0.0480. The van der Waals surface area contributed by atoms with E-state index >= 15 is 0 Å². The Kier molecular flexibility index (Phi) is 6.69. The van der Waals surface area contributed by atoms with E-state index in [0.717, 1.165) is 24.6 Å². The van der Waals surface area contributed by atoms with E-state index in [4.69, 9.17) is 5.73 Å². The van der Waals surface area contributed by atoms with E-state index in [2.05, 4.69) is 28.5 Å². The lowest BCUT2D eigenvalue weighted by molar-refractivity contribution is -0.121. The predicted molar refractivity (Wildman–Crippen MR) is 103 cm³/mol. The largest absolute Gasteiger partial charge is 0.401 e. The lowest BCUT2D eigenvalue weighted by Crippen LogP contribution is -2.46. The molecule has 0 atom stereocenters. The second-order valence-corrected chi connectivity index (χ2v) is 9.12. The molecule has 0 fully saturated rings. The maximum Gasteiger partial charge on any atom is 0.281 e. The van der Waals surface area contributed by atoms with E-state index < -0.39 is 4.75 Å². The van der Waals surface area contributed by atoms with Crippen LogP contribution in [0, 0.1) is 5.41 Å². The summed E-state index contributed by atoms with van der Waals surface area (Å²) in [5.41, 5.74) is 6.60. The van der Waals surface area contributed by atoms with Gasteiger partial charge in [0, 0.05) is 36.3 Å². The van der Waals surface area contributed by atoms with Crippen molar-refractivity contribution in [1.29, 1.82) is 0 Å². The number of nitrogens with two attached hydrogens (primary N) is 1. The number of hydrogen-bond donors (Lipinski definition) is 2. The van der Waals surface area contributed by atoms with Crippen molar-refractivity contribution in [2.24, 2.45) is 16.1 Å². The van der Waals surface area contributed by atoms with Gasteiger partial charge in [-0.1, -0.05) is 32.9 Å². The molecule has 4 nitrogen and oxygen atoms in total. The molecule has 0 aromatic heterocycles.